The van der Waals surface area contributed by atoms with Crippen LogP contribution in [0.2, 0.25) is 0 Å². The molecule has 4 heterocycles. The van der Waals surface area contributed by atoms with Crippen molar-refractivity contribution in [3.63, 3.8) is 0 Å². The van der Waals surface area contributed by atoms with E-state index in [2.05, 4.69) is 37.3 Å². The summed E-state index contributed by atoms with van der Waals surface area (Å²) in [5.41, 5.74) is 2.41. The molecule has 27 heavy (non-hydrogen) atoms. The first-order valence-corrected chi connectivity index (χ1v) is 9.83. The number of nitrogens with zero attached hydrogens (tertiary/aromatic N) is 6. The Balaban J connectivity index is 1.42. The minimum atomic E-state index is 0.443. The zero-order valence-corrected chi connectivity index (χ0v) is 16.3. The minimum Gasteiger partial charge on any atom is -0.378 e. The van der Waals surface area contributed by atoms with E-state index in [4.69, 9.17) is 4.74 Å². The highest BCUT2D eigenvalue weighted by molar-refractivity contribution is 5.50. The Bertz CT molecular complexity index is 742. The van der Waals surface area contributed by atoms with Crippen LogP contribution in [0.3, 0.4) is 0 Å². The molecular weight excluding hydrogens is 342 g/mol. The first-order chi connectivity index (χ1) is 13.2. The SMILES string of the molecule is Cc1nn(C)c(N2CCOCC2)c1CN[C@H]1CCCN(c2cccnn2)C1. The molecule has 2 aliphatic heterocycles. The highest BCUT2D eigenvalue weighted by Gasteiger charge is 2.24. The van der Waals surface area contributed by atoms with Crippen LogP contribution in [-0.2, 0) is 18.3 Å². The standard InChI is InChI=1S/C19H29N7O/c1-15-17(19(24(2)23-15)25-9-11-27-12-10-25)13-20-16-5-4-8-26(14-16)18-6-3-7-21-22-18/h3,6-7,16,20H,4-5,8-14H2,1-2H3/t16-/m0/s1. The lowest BCUT2D eigenvalue weighted by atomic mass is 10.1. The van der Waals surface area contributed by atoms with Gasteiger partial charge in [0, 0.05) is 57.6 Å². The second-order valence-corrected chi connectivity index (χ2v) is 7.36. The molecule has 1 atom stereocenters. The summed E-state index contributed by atoms with van der Waals surface area (Å²) in [6.07, 6.45) is 4.07. The monoisotopic (exact) mass is 371 g/mol. The molecule has 0 spiro atoms. The Kier molecular flexibility index (Phi) is 5.54. The number of hydrogen-bond donors (Lipinski definition) is 1. The van der Waals surface area contributed by atoms with Gasteiger partial charge in [-0.2, -0.15) is 10.2 Å². The Labute approximate surface area is 160 Å². The van der Waals surface area contributed by atoms with E-state index in [1.807, 2.05) is 23.9 Å². The maximum Gasteiger partial charge on any atom is 0.151 e. The van der Waals surface area contributed by atoms with Crippen LogP contribution in [0, 0.1) is 6.92 Å². The molecule has 0 aliphatic carbocycles. The van der Waals surface area contributed by atoms with E-state index in [9.17, 15) is 0 Å². The zero-order valence-electron chi connectivity index (χ0n) is 16.3. The maximum atomic E-state index is 5.51. The Morgan fingerprint density at radius 2 is 2.07 bits per heavy atom. The molecule has 0 bridgehead atoms. The molecule has 2 aliphatic rings. The number of morpholine rings is 1. The predicted octanol–water partition coefficient (Wildman–Crippen LogP) is 1.11. The molecule has 8 heteroatoms. The van der Waals surface area contributed by atoms with Gasteiger partial charge in [0.1, 0.15) is 5.82 Å². The van der Waals surface area contributed by atoms with Crippen molar-refractivity contribution < 1.29 is 4.74 Å². The molecule has 4 rings (SSSR count). The van der Waals surface area contributed by atoms with E-state index in [1.54, 1.807) is 6.20 Å². The highest BCUT2D eigenvalue weighted by Crippen LogP contribution is 2.25. The lowest BCUT2D eigenvalue weighted by Gasteiger charge is -2.34. The molecule has 1 N–H and O–H groups in total. The Morgan fingerprint density at radius 1 is 1.22 bits per heavy atom. The number of hydrogen-bond acceptors (Lipinski definition) is 7. The fraction of sp³-hybridized carbons (Fsp3) is 0.632. The van der Waals surface area contributed by atoms with Crippen LogP contribution >= 0.6 is 0 Å². The molecule has 0 aromatic carbocycles. The molecule has 146 valence electrons. The molecule has 8 nitrogen and oxygen atoms in total. The summed E-state index contributed by atoms with van der Waals surface area (Å²) in [4.78, 5) is 4.72. The van der Waals surface area contributed by atoms with Crippen LogP contribution < -0.4 is 15.1 Å². The quantitative estimate of drug-likeness (QED) is 0.844. The van der Waals surface area contributed by atoms with Gasteiger partial charge in [-0.15, -0.1) is 5.10 Å². The third-order valence-corrected chi connectivity index (χ3v) is 5.49. The van der Waals surface area contributed by atoms with Gasteiger partial charge in [0.05, 0.1) is 18.9 Å². The summed E-state index contributed by atoms with van der Waals surface area (Å²) in [5.74, 6) is 2.19. The number of ether oxygens (including phenoxy) is 1. The number of aromatic nitrogens is 4. The van der Waals surface area contributed by atoms with Crippen LogP contribution in [0.1, 0.15) is 24.1 Å². The van der Waals surface area contributed by atoms with Crippen LogP contribution in [-0.4, -0.2) is 65.4 Å². The van der Waals surface area contributed by atoms with Crippen molar-refractivity contribution in [2.24, 2.45) is 7.05 Å². The average molecular weight is 371 g/mol. The van der Waals surface area contributed by atoms with Gasteiger partial charge in [-0.1, -0.05) is 0 Å². The Morgan fingerprint density at radius 3 is 2.85 bits per heavy atom. The fourth-order valence-electron chi connectivity index (χ4n) is 4.13. The third-order valence-electron chi connectivity index (χ3n) is 5.49. The first kappa shape index (κ1) is 18.2. The first-order valence-electron chi connectivity index (χ1n) is 9.83. The molecule has 2 aromatic rings. The summed E-state index contributed by atoms with van der Waals surface area (Å²) < 4.78 is 7.53. The number of anilines is 2. The van der Waals surface area contributed by atoms with Crippen molar-refractivity contribution >= 4 is 11.6 Å². The topological polar surface area (TPSA) is 71.3 Å². The van der Waals surface area contributed by atoms with Crippen LogP contribution in [0.5, 0.6) is 0 Å². The van der Waals surface area contributed by atoms with Gasteiger partial charge in [0.25, 0.3) is 0 Å². The molecule has 2 fully saturated rings. The van der Waals surface area contributed by atoms with E-state index >= 15 is 0 Å². The van der Waals surface area contributed by atoms with Gasteiger partial charge < -0.3 is 19.9 Å². The molecule has 0 saturated carbocycles. The fourth-order valence-corrected chi connectivity index (χ4v) is 4.13. The number of rotatable bonds is 5. The van der Waals surface area contributed by atoms with Crippen molar-refractivity contribution in [2.75, 3.05) is 49.2 Å². The van der Waals surface area contributed by atoms with Crippen LogP contribution in [0.15, 0.2) is 18.3 Å². The maximum absolute atomic E-state index is 5.51. The van der Waals surface area contributed by atoms with Crippen molar-refractivity contribution in [1.82, 2.24) is 25.3 Å². The van der Waals surface area contributed by atoms with E-state index < -0.39 is 0 Å². The summed E-state index contributed by atoms with van der Waals surface area (Å²) in [6, 6.07) is 4.43. The molecule has 0 radical (unpaired) electrons. The molecular formula is C19H29N7O. The number of aryl methyl sites for hydroxylation is 2. The summed E-state index contributed by atoms with van der Waals surface area (Å²) in [7, 11) is 2.04. The molecule has 0 unspecified atom stereocenters. The normalized spacial score (nSPS) is 20.9. The van der Waals surface area contributed by atoms with Gasteiger partial charge in [-0.3, -0.25) is 4.68 Å². The van der Waals surface area contributed by atoms with Gasteiger partial charge in [0.2, 0.25) is 0 Å². The molecule has 2 aromatic heterocycles. The third kappa shape index (κ3) is 4.06. The molecule has 2 saturated heterocycles. The summed E-state index contributed by atoms with van der Waals surface area (Å²) >= 11 is 0. The van der Waals surface area contributed by atoms with Crippen molar-refractivity contribution in [1.29, 1.82) is 0 Å². The smallest absolute Gasteiger partial charge is 0.151 e. The largest absolute Gasteiger partial charge is 0.378 e. The second-order valence-electron chi connectivity index (χ2n) is 7.36. The van der Waals surface area contributed by atoms with Gasteiger partial charge >= 0.3 is 0 Å². The van der Waals surface area contributed by atoms with Gasteiger partial charge in [-0.05, 0) is 31.9 Å². The van der Waals surface area contributed by atoms with Crippen molar-refractivity contribution in [2.45, 2.75) is 32.4 Å². The summed E-state index contributed by atoms with van der Waals surface area (Å²) in [5, 5.41) is 16.7. The second kappa shape index (κ2) is 8.22. The summed E-state index contributed by atoms with van der Waals surface area (Å²) in [6.45, 7) is 8.37. The zero-order chi connectivity index (χ0) is 18.6. The highest BCUT2D eigenvalue weighted by atomic mass is 16.5. The number of nitrogens with one attached hydrogen (secondary N) is 1. The minimum absolute atomic E-state index is 0.443. The van der Waals surface area contributed by atoms with E-state index in [0.29, 0.717) is 6.04 Å². The lowest BCUT2D eigenvalue weighted by Crippen LogP contribution is -2.46. The van der Waals surface area contributed by atoms with Gasteiger partial charge in [0.15, 0.2) is 5.82 Å². The van der Waals surface area contributed by atoms with Gasteiger partial charge in [-0.25, -0.2) is 0 Å². The lowest BCUT2D eigenvalue weighted by molar-refractivity contribution is 0.122. The predicted molar refractivity (Wildman–Crippen MR) is 105 cm³/mol. The Hall–Kier alpha value is -2.19. The number of piperidine rings is 1. The van der Waals surface area contributed by atoms with Crippen molar-refractivity contribution in [3.8, 4) is 0 Å². The van der Waals surface area contributed by atoms with E-state index in [0.717, 1.165) is 63.9 Å². The average Bonchev–Trinajstić information content (AvgIpc) is 3.01. The van der Waals surface area contributed by atoms with Crippen molar-refractivity contribution in [3.05, 3.63) is 29.6 Å². The van der Waals surface area contributed by atoms with E-state index in [1.165, 1.54) is 17.8 Å². The molecule has 0 amide bonds. The van der Waals surface area contributed by atoms with E-state index in [-0.39, 0.29) is 0 Å². The van der Waals surface area contributed by atoms with Crippen LogP contribution in [0.4, 0.5) is 11.6 Å². The van der Waals surface area contributed by atoms with Crippen LogP contribution in [0.25, 0.3) is 0 Å².